The number of fused-ring (bicyclic) bond motifs is 2. The van der Waals surface area contributed by atoms with E-state index < -0.39 is 18.8 Å². The van der Waals surface area contributed by atoms with Gasteiger partial charge in [-0.1, -0.05) is 0 Å². The van der Waals surface area contributed by atoms with Crippen LogP contribution in [0.15, 0.2) is 18.3 Å². The fraction of sp³-hybridized carbons (Fsp3) is 0.478. The molecule has 2 saturated heterocycles. The second-order valence-electron chi connectivity index (χ2n) is 9.31. The highest BCUT2D eigenvalue weighted by Crippen LogP contribution is 2.32. The van der Waals surface area contributed by atoms with E-state index in [9.17, 15) is 8.78 Å². The average Bonchev–Trinajstić information content (AvgIpc) is 3.29. The number of nitrogen functional groups attached to an aromatic ring is 1. The van der Waals surface area contributed by atoms with E-state index in [-0.39, 0.29) is 34.3 Å². The summed E-state index contributed by atoms with van der Waals surface area (Å²) in [5, 5.41) is 7.77. The number of nitrogens with zero attached hydrogens (tertiary/aromatic N) is 7. The van der Waals surface area contributed by atoms with Gasteiger partial charge in [-0.05, 0) is 31.9 Å². The molecule has 2 fully saturated rings. The van der Waals surface area contributed by atoms with Crippen molar-refractivity contribution in [3.63, 3.8) is 0 Å². The molecule has 0 bridgehead atoms. The van der Waals surface area contributed by atoms with Crippen molar-refractivity contribution in [1.82, 2.24) is 34.0 Å². The Bertz CT molecular complexity index is 1420. The fourth-order valence-corrected chi connectivity index (χ4v) is 5.02. The summed E-state index contributed by atoms with van der Waals surface area (Å²) in [6, 6.07) is 3.92. The van der Waals surface area contributed by atoms with Crippen LogP contribution in [0.4, 0.5) is 24.9 Å². The van der Waals surface area contributed by atoms with Gasteiger partial charge in [-0.15, -0.1) is 5.10 Å². The van der Waals surface area contributed by atoms with Crippen molar-refractivity contribution in [3.05, 3.63) is 30.0 Å². The summed E-state index contributed by atoms with van der Waals surface area (Å²) in [6.07, 6.45) is 0.506. The zero-order valence-corrected chi connectivity index (χ0v) is 19.7. The SMILES string of the molecule is Cc1nc2ccc(-c3c(F)cn4nc(NC5CCN(C6COC6)CC5)nc(N)c34)nc2n1CC(F)F. The molecule has 0 spiro atoms. The number of imidazole rings is 1. The predicted molar refractivity (Wildman–Crippen MR) is 127 cm³/mol. The van der Waals surface area contributed by atoms with Crippen molar-refractivity contribution < 1.29 is 17.9 Å². The Morgan fingerprint density at radius 1 is 1.17 bits per heavy atom. The normalized spacial score (nSPS) is 17.9. The number of hydrogen-bond donors (Lipinski definition) is 2. The number of nitrogens with one attached hydrogen (secondary N) is 1. The number of aromatic nitrogens is 6. The van der Waals surface area contributed by atoms with Crippen LogP contribution < -0.4 is 11.1 Å². The van der Waals surface area contributed by atoms with Gasteiger partial charge in [0.05, 0.1) is 43.3 Å². The molecule has 0 aliphatic carbocycles. The van der Waals surface area contributed by atoms with Crippen LogP contribution in [0.2, 0.25) is 0 Å². The van der Waals surface area contributed by atoms with Gasteiger partial charge in [0.1, 0.15) is 16.9 Å². The first-order valence-electron chi connectivity index (χ1n) is 11.9. The first-order valence-corrected chi connectivity index (χ1v) is 11.9. The first kappa shape index (κ1) is 23.0. The molecule has 0 aromatic carbocycles. The number of rotatable bonds is 6. The minimum atomic E-state index is -2.58. The van der Waals surface area contributed by atoms with Crippen molar-refractivity contribution >= 4 is 28.4 Å². The molecule has 0 radical (unpaired) electrons. The molecule has 6 heterocycles. The van der Waals surface area contributed by atoms with Gasteiger partial charge in [-0.2, -0.15) is 4.98 Å². The molecule has 0 unspecified atom stereocenters. The van der Waals surface area contributed by atoms with E-state index in [1.165, 1.54) is 15.3 Å². The van der Waals surface area contributed by atoms with Crippen LogP contribution in [0, 0.1) is 12.7 Å². The molecule has 0 amide bonds. The number of piperidine rings is 1. The number of aryl methyl sites for hydroxylation is 1. The summed E-state index contributed by atoms with van der Waals surface area (Å²) in [7, 11) is 0. The number of pyridine rings is 1. The second kappa shape index (κ2) is 8.89. The van der Waals surface area contributed by atoms with E-state index in [1.807, 2.05) is 0 Å². The number of anilines is 2. The molecule has 2 aliphatic rings. The zero-order chi connectivity index (χ0) is 25.0. The summed E-state index contributed by atoms with van der Waals surface area (Å²) in [4.78, 5) is 15.6. The summed E-state index contributed by atoms with van der Waals surface area (Å²) >= 11 is 0. The minimum absolute atomic E-state index is 0.0922. The number of nitrogens with two attached hydrogens (primary N) is 1. The van der Waals surface area contributed by atoms with Crippen molar-refractivity contribution in [2.24, 2.45) is 0 Å². The highest BCUT2D eigenvalue weighted by Gasteiger charge is 2.30. The number of ether oxygens (including phenoxy) is 1. The standard InChI is InChI=1S/C23H26F3N9O/c1-12-28-17-3-2-16(30-22(17)34(12)9-18(25)26)19-15(24)8-35-20(19)21(27)31-23(32-35)29-13-4-6-33(7-5-13)14-10-36-11-14/h2-3,8,13-14,18H,4-7,9-11H2,1H3,(H3,27,29,31,32). The molecule has 13 heteroatoms. The summed E-state index contributed by atoms with van der Waals surface area (Å²) < 4.78 is 49.3. The number of halogens is 3. The molecule has 0 saturated carbocycles. The van der Waals surface area contributed by atoms with Crippen molar-refractivity contribution in [2.75, 3.05) is 37.4 Å². The van der Waals surface area contributed by atoms with Gasteiger partial charge in [0.15, 0.2) is 17.3 Å². The molecule has 4 aromatic rings. The quantitative estimate of drug-likeness (QED) is 0.415. The molecule has 2 aliphatic heterocycles. The molecule has 36 heavy (non-hydrogen) atoms. The lowest BCUT2D eigenvalue weighted by atomic mass is 10.0. The summed E-state index contributed by atoms with van der Waals surface area (Å²) in [5.74, 6) is 0.228. The Morgan fingerprint density at radius 2 is 1.94 bits per heavy atom. The Hall–Kier alpha value is -3.45. The van der Waals surface area contributed by atoms with Crippen LogP contribution in [-0.2, 0) is 11.3 Å². The smallest absolute Gasteiger partial charge is 0.256 e. The topological polar surface area (TPSA) is 111 Å². The van der Waals surface area contributed by atoms with Crippen LogP contribution in [0.5, 0.6) is 0 Å². The molecule has 3 N–H and O–H groups in total. The Labute approximate surface area is 204 Å². The van der Waals surface area contributed by atoms with Gasteiger partial charge in [0.2, 0.25) is 5.95 Å². The molecule has 6 rings (SSSR count). The highest BCUT2D eigenvalue weighted by molar-refractivity contribution is 5.89. The lowest BCUT2D eigenvalue weighted by Crippen LogP contribution is -2.53. The van der Waals surface area contributed by atoms with Crippen LogP contribution in [0.1, 0.15) is 18.7 Å². The van der Waals surface area contributed by atoms with Gasteiger partial charge < -0.3 is 20.4 Å². The number of alkyl halides is 2. The molecule has 190 valence electrons. The maximum absolute atomic E-state index is 15.2. The maximum Gasteiger partial charge on any atom is 0.256 e. The Kier molecular flexibility index (Phi) is 5.67. The molecule has 4 aromatic heterocycles. The third kappa shape index (κ3) is 4.01. The molecular weight excluding hydrogens is 475 g/mol. The zero-order valence-electron chi connectivity index (χ0n) is 19.7. The van der Waals surface area contributed by atoms with E-state index in [2.05, 4.69) is 30.3 Å². The first-order chi connectivity index (χ1) is 17.4. The van der Waals surface area contributed by atoms with Crippen molar-refractivity contribution in [1.29, 1.82) is 0 Å². The lowest BCUT2D eigenvalue weighted by Gasteiger charge is -2.41. The lowest BCUT2D eigenvalue weighted by molar-refractivity contribution is -0.0705. The average molecular weight is 502 g/mol. The second-order valence-corrected chi connectivity index (χ2v) is 9.31. The summed E-state index contributed by atoms with van der Waals surface area (Å²) in [6.45, 7) is 4.59. The van der Waals surface area contributed by atoms with E-state index in [0.717, 1.165) is 39.1 Å². The highest BCUT2D eigenvalue weighted by atomic mass is 19.3. The van der Waals surface area contributed by atoms with Crippen molar-refractivity contribution in [2.45, 2.75) is 44.8 Å². The van der Waals surface area contributed by atoms with Crippen molar-refractivity contribution in [3.8, 4) is 11.3 Å². The third-order valence-corrected chi connectivity index (χ3v) is 6.97. The largest absolute Gasteiger partial charge is 0.382 e. The van der Waals surface area contributed by atoms with Gasteiger partial charge in [0.25, 0.3) is 6.43 Å². The van der Waals surface area contributed by atoms with Crippen LogP contribution in [0.25, 0.3) is 27.9 Å². The maximum atomic E-state index is 15.2. The minimum Gasteiger partial charge on any atom is -0.382 e. The van der Waals surface area contributed by atoms with Crippen LogP contribution >= 0.6 is 0 Å². The van der Waals surface area contributed by atoms with E-state index in [1.54, 1.807) is 19.1 Å². The van der Waals surface area contributed by atoms with E-state index in [0.29, 0.717) is 23.3 Å². The van der Waals surface area contributed by atoms with Crippen LogP contribution in [-0.4, -0.2) is 78.8 Å². The molecule has 10 nitrogen and oxygen atoms in total. The van der Waals surface area contributed by atoms with Gasteiger partial charge >= 0.3 is 0 Å². The Balaban J connectivity index is 1.29. The predicted octanol–water partition coefficient (Wildman–Crippen LogP) is 2.71. The number of likely N-dealkylation sites (tertiary alicyclic amines) is 1. The Morgan fingerprint density at radius 3 is 2.64 bits per heavy atom. The van der Waals surface area contributed by atoms with Gasteiger partial charge in [0, 0.05) is 19.1 Å². The fourth-order valence-electron chi connectivity index (χ4n) is 5.02. The monoisotopic (exact) mass is 501 g/mol. The number of hydrogen-bond acceptors (Lipinski definition) is 8. The van der Waals surface area contributed by atoms with Gasteiger partial charge in [-0.3, -0.25) is 4.90 Å². The molecular formula is C23H26F3N9O. The van der Waals surface area contributed by atoms with Crippen LogP contribution in [0.3, 0.4) is 0 Å². The summed E-state index contributed by atoms with van der Waals surface area (Å²) in [5.41, 5.74) is 7.58. The third-order valence-electron chi connectivity index (χ3n) is 6.97. The molecule has 0 atom stereocenters. The van der Waals surface area contributed by atoms with Gasteiger partial charge in [-0.25, -0.2) is 27.7 Å². The van der Waals surface area contributed by atoms with E-state index in [4.69, 9.17) is 10.5 Å². The van der Waals surface area contributed by atoms with E-state index >= 15 is 4.39 Å².